The number of carbonyl (C=O) groups excluding carboxylic acids is 1. The molecule has 134 valence electrons. The van der Waals surface area contributed by atoms with E-state index >= 15 is 0 Å². The number of rotatable bonds is 4. The third-order valence-electron chi connectivity index (χ3n) is 4.14. The summed E-state index contributed by atoms with van der Waals surface area (Å²) in [7, 11) is 0. The van der Waals surface area contributed by atoms with Crippen LogP contribution in [0.5, 0.6) is 0 Å². The van der Waals surface area contributed by atoms with E-state index in [0.29, 0.717) is 5.69 Å². The molecular weight excluding hydrogens is 358 g/mol. The second kappa shape index (κ2) is 7.17. The summed E-state index contributed by atoms with van der Waals surface area (Å²) >= 11 is 1.69. The minimum absolute atomic E-state index is 0.249. The first-order chi connectivity index (χ1) is 13.1. The van der Waals surface area contributed by atoms with E-state index in [1.807, 2.05) is 42.5 Å². The second-order valence-electron chi connectivity index (χ2n) is 6.34. The van der Waals surface area contributed by atoms with Gasteiger partial charge in [0.2, 0.25) is 5.56 Å². The highest BCUT2D eigenvalue weighted by molar-refractivity contribution is 7.18. The van der Waals surface area contributed by atoms with Crippen molar-refractivity contribution in [1.82, 2.24) is 9.97 Å². The zero-order chi connectivity index (χ0) is 18.8. The van der Waals surface area contributed by atoms with E-state index in [1.165, 1.54) is 10.8 Å². The summed E-state index contributed by atoms with van der Waals surface area (Å²) in [5.41, 5.74) is 3.53. The van der Waals surface area contributed by atoms with E-state index in [-0.39, 0.29) is 17.2 Å². The van der Waals surface area contributed by atoms with Crippen molar-refractivity contribution in [1.29, 1.82) is 0 Å². The molecule has 2 N–H and O–H groups in total. The Bertz CT molecular complexity index is 1140. The van der Waals surface area contributed by atoms with E-state index in [2.05, 4.69) is 21.4 Å². The Morgan fingerprint density at radius 1 is 1.11 bits per heavy atom. The topological polar surface area (TPSA) is 74.8 Å². The van der Waals surface area contributed by atoms with Crippen molar-refractivity contribution in [2.75, 3.05) is 5.32 Å². The molecule has 27 heavy (non-hydrogen) atoms. The molecule has 6 heteroatoms. The number of aromatic amines is 1. The molecule has 0 aliphatic rings. The number of hydrogen-bond donors (Lipinski definition) is 2. The van der Waals surface area contributed by atoms with Gasteiger partial charge in [-0.25, -0.2) is 4.98 Å². The fraction of sp³-hybridized carbons (Fsp3) is 0.0952. The highest BCUT2D eigenvalue weighted by Crippen LogP contribution is 2.24. The largest absolute Gasteiger partial charge is 0.321 e. The molecule has 0 radical (unpaired) electrons. The number of pyridine rings is 1. The maximum atomic E-state index is 12.3. The predicted octanol–water partition coefficient (Wildman–Crippen LogP) is 4.14. The zero-order valence-corrected chi connectivity index (χ0v) is 15.5. The molecule has 0 bridgehead atoms. The fourth-order valence-electron chi connectivity index (χ4n) is 2.88. The molecule has 2 heterocycles. The number of aryl methyl sites for hydroxylation is 1. The van der Waals surface area contributed by atoms with Gasteiger partial charge in [0.1, 0.15) is 5.69 Å². The number of para-hydroxylation sites is 1. The first kappa shape index (κ1) is 17.2. The maximum absolute atomic E-state index is 12.3. The molecule has 0 saturated heterocycles. The minimum atomic E-state index is -0.338. The molecule has 4 aromatic rings. The highest BCUT2D eigenvalue weighted by Gasteiger charge is 2.09. The number of H-pyrrole nitrogens is 1. The third kappa shape index (κ3) is 3.96. The maximum Gasteiger partial charge on any atom is 0.272 e. The smallest absolute Gasteiger partial charge is 0.272 e. The molecule has 0 fully saturated rings. The molecular formula is C21H17N3O2S. The van der Waals surface area contributed by atoms with Crippen LogP contribution in [-0.2, 0) is 6.42 Å². The number of aromatic nitrogens is 2. The summed E-state index contributed by atoms with van der Waals surface area (Å²) in [5, 5.41) is 3.86. The molecule has 2 aromatic carbocycles. The van der Waals surface area contributed by atoms with Gasteiger partial charge in [-0.3, -0.25) is 9.59 Å². The SMILES string of the molecule is Cc1cc(C(=O)Nc2ccc(Cc3nc4ccccc4s3)cc2)[nH]c(=O)c1. The van der Waals surface area contributed by atoms with Gasteiger partial charge in [-0.1, -0.05) is 24.3 Å². The van der Waals surface area contributed by atoms with Gasteiger partial charge < -0.3 is 10.3 Å². The van der Waals surface area contributed by atoms with Crippen LogP contribution >= 0.6 is 11.3 Å². The van der Waals surface area contributed by atoms with Gasteiger partial charge >= 0.3 is 0 Å². The van der Waals surface area contributed by atoms with Crippen LogP contribution in [0.2, 0.25) is 0 Å². The van der Waals surface area contributed by atoms with Crippen LogP contribution in [0.4, 0.5) is 5.69 Å². The van der Waals surface area contributed by atoms with Crippen molar-refractivity contribution in [3.05, 3.63) is 92.8 Å². The Morgan fingerprint density at radius 2 is 1.89 bits per heavy atom. The van der Waals surface area contributed by atoms with Crippen LogP contribution in [0.25, 0.3) is 10.2 Å². The first-order valence-corrected chi connectivity index (χ1v) is 9.34. The Morgan fingerprint density at radius 3 is 2.63 bits per heavy atom. The van der Waals surface area contributed by atoms with Crippen molar-refractivity contribution in [3.63, 3.8) is 0 Å². The highest BCUT2D eigenvalue weighted by atomic mass is 32.1. The number of benzene rings is 2. The van der Waals surface area contributed by atoms with Gasteiger partial charge in [0.05, 0.1) is 15.2 Å². The van der Waals surface area contributed by atoms with Gasteiger partial charge in [-0.05, 0) is 48.4 Å². The van der Waals surface area contributed by atoms with Crippen LogP contribution in [-0.4, -0.2) is 15.9 Å². The van der Waals surface area contributed by atoms with Crippen LogP contribution in [0.1, 0.15) is 26.6 Å². The van der Waals surface area contributed by atoms with Crippen molar-refractivity contribution < 1.29 is 4.79 Å². The average molecular weight is 375 g/mol. The Labute approximate surface area is 159 Å². The summed E-state index contributed by atoms with van der Waals surface area (Å²) in [6.45, 7) is 1.78. The zero-order valence-electron chi connectivity index (χ0n) is 14.7. The number of nitrogens with one attached hydrogen (secondary N) is 2. The fourth-order valence-corrected chi connectivity index (χ4v) is 3.88. The number of carbonyl (C=O) groups is 1. The molecule has 2 aromatic heterocycles. The summed E-state index contributed by atoms with van der Waals surface area (Å²) in [4.78, 5) is 31.0. The Kier molecular flexibility index (Phi) is 4.56. The number of anilines is 1. The standard InChI is InChI=1S/C21H17N3O2S/c1-13-10-17(23-19(25)11-13)21(26)22-15-8-6-14(7-9-15)12-20-24-16-4-2-3-5-18(16)27-20/h2-11H,12H2,1H3,(H,22,26)(H,23,25). The lowest BCUT2D eigenvalue weighted by Gasteiger charge is -2.06. The van der Waals surface area contributed by atoms with Crippen LogP contribution in [0.3, 0.4) is 0 Å². The summed E-state index contributed by atoms with van der Waals surface area (Å²) in [6.07, 6.45) is 0.749. The van der Waals surface area contributed by atoms with Gasteiger partial charge in [-0.2, -0.15) is 0 Å². The van der Waals surface area contributed by atoms with Gasteiger partial charge in [0.25, 0.3) is 5.91 Å². The number of amides is 1. The molecule has 5 nitrogen and oxygen atoms in total. The normalized spacial score (nSPS) is 10.9. The molecule has 0 aliphatic heterocycles. The molecule has 0 unspecified atom stereocenters. The Balaban J connectivity index is 1.46. The molecule has 0 saturated carbocycles. The van der Waals surface area contributed by atoms with Crippen molar-refractivity contribution in [2.24, 2.45) is 0 Å². The number of hydrogen-bond acceptors (Lipinski definition) is 4. The monoisotopic (exact) mass is 375 g/mol. The molecule has 0 aliphatic carbocycles. The number of nitrogens with zero attached hydrogens (tertiary/aromatic N) is 1. The molecule has 0 spiro atoms. The quantitative estimate of drug-likeness (QED) is 0.563. The van der Waals surface area contributed by atoms with E-state index in [9.17, 15) is 9.59 Å². The molecule has 4 rings (SSSR count). The van der Waals surface area contributed by atoms with E-state index < -0.39 is 0 Å². The van der Waals surface area contributed by atoms with E-state index in [0.717, 1.165) is 28.1 Å². The lowest BCUT2D eigenvalue weighted by molar-refractivity contribution is 0.102. The molecule has 0 atom stereocenters. The summed E-state index contributed by atoms with van der Waals surface area (Å²) in [6, 6.07) is 18.9. The first-order valence-electron chi connectivity index (χ1n) is 8.52. The summed E-state index contributed by atoms with van der Waals surface area (Å²) < 4.78 is 1.18. The second-order valence-corrected chi connectivity index (χ2v) is 7.45. The predicted molar refractivity (Wildman–Crippen MR) is 109 cm³/mol. The van der Waals surface area contributed by atoms with Crippen molar-refractivity contribution >= 4 is 33.1 Å². The van der Waals surface area contributed by atoms with Gasteiger partial charge in [0, 0.05) is 18.2 Å². The van der Waals surface area contributed by atoms with Gasteiger partial charge in [0.15, 0.2) is 0 Å². The third-order valence-corrected chi connectivity index (χ3v) is 5.17. The number of thiazole rings is 1. The number of fused-ring (bicyclic) bond motifs is 1. The van der Waals surface area contributed by atoms with Crippen LogP contribution < -0.4 is 10.9 Å². The average Bonchev–Trinajstić information content (AvgIpc) is 3.05. The van der Waals surface area contributed by atoms with E-state index in [4.69, 9.17) is 0 Å². The Hall–Kier alpha value is -3.25. The minimum Gasteiger partial charge on any atom is -0.321 e. The lowest BCUT2D eigenvalue weighted by atomic mass is 10.1. The van der Waals surface area contributed by atoms with Crippen molar-refractivity contribution in [3.8, 4) is 0 Å². The van der Waals surface area contributed by atoms with Crippen LogP contribution in [0.15, 0.2) is 65.5 Å². The molecule has 1 amide bonds. The van der Waals surface area contributed by atoms with Crippen molar-refractivity contribution in [2.45, 2.75) is 13.3 Å². The van der Waals surface area contributed by atoms with Crippen LogP contribution in [0, 0.1) is 6.92 Å². The lowest BCUT2D eigenvalue weighted by Crippen LogP contribution is -2.18. The van der Waals surface area contributed by atoms with E-state index in [1.54, 1.807) is 24.3 Å². The van der Waals surface area contributed by atoms with Gasteiger partial charge in [-0.15, -0.1) is 11.3 Å². The summed E-state index contributed by atoms with van der Waals surface area (Å²) in [5.74, 6) is -0.338.